The van der Waals surface area contributed by atoms with Crippen molar-refractivity contribution in [2.75, 3.05) is 13.2 Å². The molecule has 0 spiro atoms. The van der Waals surface area contributed by atoms with Crippen LogP contribution in [0.25, 0.3) is 0 Å². The molecule has 0 bridgehead atoms. The molecule has 5 atom stereocenters. The molecule has 20 heavy (non-hydrogen) atoms. The maximum Gasteiger partial charge on any atom is 0.407 e. The maximum atomic E-state index is 11.4. The summed E-state index contributed by atoms with van der Waals surface area (Å²) in [6.07, 6.45) is -6.98. The Bertz CT molecular complexity index is 340. The smallest absolute Gasteiger partial charge is 0.407 e. The molecule has 0 aromatic heterocycles. The van der Waals surface area contributed by atoms with Gasteiger partial charge in [0.1, 0.15) is 31.0 Å². The van der Waals surface area contributed by atoms with Crippen molar-refractivity contribution in [2.45, 2.75) is 34.4 Å². The van der Waals surface area contributed by atoms with Crippen molar-refractivity contribution in [2.24, 2.45) is 0 Å². The molecule has 1 fully saturated rings. The zero-order chi connectivity index (χ0) is 15.5. The molecule has 0 aromatic rings. The van der Waals surface area contributed by atoms with E-state index in [0.717, 1.165) is 0 Å². The number of nitrogens with one attached hydrogen (secondary N) is 1. The summed E-state index contributed by atoms with van der Waals surface area (Å²) in [6.45, 7) is -1.16. The Balaban J connectivity index is 2.56. The molecule has 1 heterocycles. The van der Waals surface area contributed by atoms with E-state index in [1.807, 2.05) is 0 Å². The molecule has 118 valence electrons. The number of halogens is 3. The average Bonchev–Trinajstić information content (AvgIpc) is 2.35. The van der Waals surface area contributed by atoms with Crippen LogP contribution in [-0.2, 0) is 9.47 Å². The van der Waals surface area contributed by atoms with Gasteiger partial charge in [-0.05, 0) is 0 Å². The third-order valence-corrected chi connectivity index (χ3v) is 2.88. The number of amides is 1. The van der Waals surface area contributed by atoms with Gasteiger partial charge in [0.2, 0.25) is 3.79 Å². The molecule has 1 amide bonds. The van der Waals surface area contributed by atoms with Gasteiger partial charge in [0, 0.05) is 0 Å². The molecule has 1 aliphatic heterocycles. The number of alkyl halides is 3. The van der Waals surface area contributed by atoms with E-state index in [4.69, 9.17) is 44.6 Å². The van der Waals surface area contributed by atoms with Gasteiger partial charge in [0.15, 0.2) is 6.29 Å². The molecule has 5 N–H and O–H groups in total. The summed E-state index contributed by atoms with van der Waals surface area (Å²) in [5.74, 6) is 0. The molecule has 1 rings (SSSR count). The largest absolute Gasteiger partial charge is 0.445 e. The van der Waals surface area contributed by atoms with Crippen LogP contribution in [0.15, 0.2) is 0 Å². The van der Waals surface area contributed by atoms with Gasteiger partial charge in [-0.25, -0.2) is 4.79 Å². The maximum absolute atomic E-state index is 11.4. The van der Waals surface area contributed by atoms with E-state index in [0.29, 0.717) is 0 Å². The summed E-state index contributed by atoms with van der Waals surface area (Å²) < 4.78 is 7.56. The fourth-order valence-corrected chi connectivity index (χ4v) is 1.74. The number of alkyl carbamates (subject to hydrolysis) is 1. The lowest BCUT2D eigenvalue weighted by atomic mass is 9.97. The Kier molecular flexibility index (Phi) is 6.55. The lowest BCUT2D eigenvalue weighted by molar-refractivity contribution is -0.253. The summed E-state index contributed by atoms with van der Waals surface area (Å²) >= 11 is 16.1. The minimum absolute atomic E-state index is 0.551. The quantitative estimate of drug-likeness (QED) is 0.406. The third-order valence-electron chi connectivity index (χ3n) is 2.55. The molecule has 1 aliphatic rings. The first-order valence-electron chi connectivity index (χ1n) is 5.46. The number of carbonyl (C=O) groups is 1. The fourth-order valence-electron chi connectivity index (χ4n) is 1.58. The van der Waals surface area contributed by atoms with Crippen molar-refractivity contribution in [3.63, 3.8) is 0 Å². The van der Waals surface area contributed by atoms with Crippen LogP contribution in [0.3, 0.4) is 0 Å². The summed E-state index contributed by atoms with van der Waals surface area (Å²) in [6, 6.07) is -1.37. The van der Waals surface area contributed by atoms with Crippen LogP contribution in [0, 0.1) is 0 Å². The SMILES string of the molecule is O=C(NC1C(O)OC(CO)[C@@H](O)[C@@H]1O)OCC(Cl)(Cl)Cl. The number of aliphatic hydroxyl groups is 4. The van der Waals surface area contributed by atoms with Gasteiger partial charge >= 0.3 is 6.09 Å². The monoisotopic (exact) mass is 353 g/mol. The summed E-state index contributed by atoms with van der Waals surface area (Å²) in [5, 5.41) is 39.9. The number of aliphatic hydroxyl groups excluding tert-OH is 4. The second kappa shape index (κ2) is 7.28. The summed E-state index contributed by atoms with van der Waals surface area (Å²) in [4.78, 5) is 11.4. The van der Waals surface area contributed by atoms with Crippen LogP contribution >= 0.6 is 34.8 Å². The van der Waals surface area contributed by atoms with Gasteiger partial charge in [-0.2, -0.15) is 0 Å². The highest BCUT2D eigenvalue weighted by molar-refractivity contribution is 6.67. The third kappa shape index (κ3) is 5.05. The molecule has 0 saturated carbocycles. The average molecular weight is 355 g/mol. The number of ether oxygens (including phenoxy) is 2. The molecule has 3 unspecified atom stereocenters. The first-order chi connectivity index (χ1) is 9.15. The van der Waals surface area contributed by atoms with Crippen LogP contribution in [0.1, 0.15) is 0 Å². The molecule has 1 saturated heterocycles. The highest BCUT2D eigenvalue weighted by Gasteiger charge is 2.44. The van der Waals surface area contributed by atoms with Gasteiger partial charge < -0.3 is 35.2 Å². The lowest BCUT2D eigenvalue weighted by Gasteiger charge is -2.40. The van der Waals surface area contributed by atoms with Crippen LogP contribution < -0.4 is 5.32 Å². The van der Waals surface area contributed by atoms with Gasteiger partial charge in [0.05, 0.1) is 6.61 Å². The van der Waals surface area contributed by atoms with Gasteiger partial charge in [0.25, 0.3) is 0 Å². The van der Waals surface area contributed by atoms with Crippen LogP contribution in [-0.4, -0.2) is 74.2 Å². The van der Waals surface area contributed by atoms with Crippen molar-refractivity contribution >= 4 is 40.9 Å². The molecule has 0 aromatic carbocycles. The lowest BCUT2D eigenvalue weighted by Crippen LogP contribution is -2.64. The van der Waals surface area contributed by atoms with E-state index < -0.39 is 53.7 Å². The number of carbonyl (C=O) groups excluding carboxylic acids is 1. The molecule has 11 heteroatoms. The van der Waals surface area contributed by atoms with Crippen LogP contribution in [0.5, 0.6) is 0 Å². The van der Waals surface area contributed by atoms with Crippen molar-refractivity contribution < 1.29 is 34.7 Å². The molecule has 8 nitrogen and oxygen atoms in total. The fraction of sp³-hybridized carbons (Fsp3) is 0.889. The zero-order valence-corrected chi connectivity index (χ0v) is 12.2. The van der Waals surface area contributed by atoms with E-state index in [1.165, 1.54) is 0 Å². The van der Waals surface area contributed by atoms with Gasteiger partial charge in [-0.3, -0.25) is 0 Å². The molecular weight excluding hydrogens is 340 g/mol. The first-order valence-corrected chi connectivity index (χ1v) is 6.59. The predicted molar refractivity (Wildman–Crippen MR) is 68.5 cm³/mol. The topological polar surface area (TPSA) is 128 Å². The number of rotatable bonds is 3. The molecular formula is C9H14Cl3NO7. The molecule has 0 radical (unpaired) electrons. The Morgan fingerprint density at radius 1 is 1.25 bits per heavy atom. The highest BCUT2D eigenvalue weighted by atomic mass is 35.6. The highest BCUT2D eigenvalue weighted by Crippen LogP contribution is 2.26. The Labute approximate surface area is 129 Å². The minimum Gasteiger partial charge on any atom is -0.445 e. The normalized spacial score (nSPS) is 34.6. The van der Waals surface area contributed by atoms with Gasteiger partial charge in [-0.15, -0.1) is 0 Å². The van der Waals surface area contributed by atoms with E-state index >= 15 is 0 Å². The van der Waals surface area contributed by atoms with E-state index in [9.17, 15) is 20.1 Å². The van der Waals surface area contributed by atoms with Crippen molar-refractivity contribution in [3.8, 4) is 0 Å². The van der Waals surface area contributed by atoms with Crippen molar-refractivity contribution in [1.82, 2.24) is 5.32 Å². The second-order valence-corrected chi connectivity index (χ2v) is 6.61. The standard InChI is InChI=1S/C9H14Cl3NO7/c10-9(11,12)2-19-8(18)13-4-6(16)5(15)3(1-14)20-7(4)17/h3-7,14-17H,1-2H2,(H,13,18)/t3?,4?,5-,6-,7?/m1/s1. The van der Waals surface area contributed by atoms with E-state index in [-0.39, 0.29) is 0 Å². The Morgan fingerprint density at radius 2 is 1.85 bits per heavy atom. The van der Waals surface area contributed by atoms with Crippen LogP contribution in [0.4, 0.5) is 4.79 Å². The number of hydrogen-bond donors (Lipinski definition) is 5. The number of hydrogen-bond acceptors (Lipinski definition) is 7. The first kappa shape index (κ1) is 18.0. The molecule has 0 aliphatic carbocycles. The summed E-state index contributed by atoms with van der Waals surface area (Å²) in [5.41, 5.74) is 0. The van der Waals surface area contributed by atoms with Crippen molar-refractivity contribution in [1.29, 1.82) is 0 Å². The second-order valence-electron chi connectivity index (χ2n) is 4.09. The predicted octanol–water partition coefficient (Wildman–Crippen LogP) is -1.12. The van der Waals surface area contributed by atoms with Crippen LogP contribution in [0.2, 0.25) is 0 Å². The van der Waals surface area contributed by atoms with E-state index in [2.05, 4.69) is 10.1 Å². The van der Waals surface area contributed by atoms with Gasteiger partial charge in [-0.1, -0.05) is 34.8 Å². The Hall–Kier alpha value is -0.0600. The minimum atomic E-state index is -1.81. The van der Waals surface area contributed by atoms with Crippen molar-refractivity contribution in [3.05, 3.63) is 0 Å². The van der Waals surface area contributed by atoms with E-state index in [1.54, 1.807) is 0 Å². The Morgan fingerprint density at radius 3 is 2.35 bits per heavy atom. The zero-order valence-electron chi connectivity index (χ0n) is 9.95. The summed E-state index contributed by atoms with van der Waals surface area (Å²) in [7, 11) is 0.